The Balaban J connectivity index is 1.59. The Morgan fingerprint density at radius 3 is 2.32 bits per heavy atom. The summed E-state index contributed by atoms with van der Waals surface area (Å²) in [6, 6.07) is 8.82. The van der Waals surface area contributed by atoms with E-state index in [-0.39, 0.29) is 18.5 Å². The number of halogens is 4. The van der Waals surface area contributed by atoms with Crippen molar-refractivity contribution in [1.82, 2.24) is 9.88 Å². The number of alkyl halides is 3. The molecule has 1 aliphatic carbocycles. The van der Waals surface area contributed by atoms with E-state index in [0.29, 0.717) is 29.3 Å². The number of fused-ring (bicyclic) bond motifs is 1. The maximum atomic E-state index is 14.3. The largest absolute Gasteiger partial charge is 0.481 e. The molecule has 0 aliphatic heterocycles. The van der Waals surface area contributed by atoms with Gasteiger partial charge in [0.25, 0.3) is 5.91 Å². The second kappa shape index (κ2) is 8.14. The molecule has 0 saturated heterocycles. The lowest BCUT2D eigenvalue weighted by atomic mass is 9.57. The second-order valence-electron chi connectivity index (χ2n) is 9.78. The Hall–Kier alpha value is -3.36. The molecule has 1 aromatic heterocycles. The lowest BCUT2D eigenvalue weighted by molar-refractivity contribution is -0.142. The predicted octanol–water partition coefficient (Wildman–Crippen LogP) is 5.61. The molecule has 0 spiro atoms. The minimum atomic E-state index is -4.43. The lowest BCUT2D eigenvalue weighted by Gasteiger charge is -2.52. The van der Waals surface area contributed by atoms with Crippen molar-refractivity contribution in [1.29, 1.82) is 0 Å². The molecule has 0 bridgehead atoms. The third kappa shape index (κ3) is 4.78. The van der Waals surface area contributed by atoms with Crippen LogP contribution in [-0.4, -0.2) is 27.1 Å². The summed E-state index contributed by atoms with van der Waals surface area (Å²) in [6.45, 7) is 3.87. The number of nitrogens with zero attached hydrogens (tertiary/aromatic N) is 1. The van der Waals surface area contributed by atoms with Gasteiger partial charge in [-0.2, -0.15) is 13.2 Å². The number of rotatable bonds is 6. The van der Waals surface area contributed by atoms with Crippen LogP contribution in [0.1, 0.15) is 54.6 Å². The number of hydrogen-bond acceptors (Lipinski definition) is 2. The first-order chi connectivity index (χ1) is 15.8. The Kier molecular flexibility index (Phi) is 5.70. The van der Waals surface area contributed by atoms with Crippen LogP contribution >= 0.6 is 0 Å². The van der Waals surface area contributed by atoms with E-state index in [4.69, 9.17) is 5.11 Å². The summed E-state index contributed by atoms with van der Waals surface area (Å²) in [5.74, 6) is -1.97. The van der Waals surface area contributed by atoms with E-state index in [2.05, 4.69) is 5.32 Å². The Labute approximate surface area is 193 Å². The first-order valence-electron chi connectivity index (χ1n) is 10.8. The summed E-state index contributed by atoms with van der Waals surface area (Å²) < 4.78 is 54.5. The third-order valence-corrected chi connectivity index (χ3v) is 6.33. The molecule has 1 aliphatic rings. The molecule has 9 heteroatoms. The van der Waals surface area contributed by atoms with Gasteiger partial charge in [0.15, 0.2) is 0 Å². The Bertz CT molecular complexity index is 1260. The van der Waals surface area contributed by atoms with Gasteiger partial charge in [-0.15, -0.1) is 0 Å². The number of hydrogen-bond donors (Lipinski definition) is 2. The summed E-state index contributed by atoms with van der Waals surface area (Å²) in [4.78, 5) is 24.3. The molecule has 5 nitrogen and oxygen atoms in total. The molecule has 1 fully saturated rings. The molecule has 0 unspecified atom stereocenters. The Morgan fingerprint density at radius 1 is 1.09 bits per heavy atom. The van der Waals surface area contributed by atoms with Gasteiger partial charge in [0.05, 0.1) is 23.1 Å². The number of carboxylic acid groups (broad SMARTS) is 1. The van der Waals surface area contributed by atoms with Crippen LogP contribution in [0.4, 0.5) is 17.6 Å². The fraction of sp³-hybridized carbons (Fsp3) is 0.360. The zero-order valence-electron chi connectivity index (χ0n) is 18.7. The number of benzene rings is 2. The average molecular weight is 476 g/mol. The molecule has 1 amide bonds. The molecule has 2 N–H and O–H groups in total. The Morgan fingerprint density at radius 2 is 1.74 bits per heavy atom. The highest BCUT2D eigenvalue weighted by Crippen LogP contribution is 2.50. The van der Waals surface area contributed by atoms with Gasteiger partial charge in [0.1, 0.15) is 5.82 Å². The molecule has 2 aromatic carbocycles. The maximum absolute atomic E-state index is 14.3. The van der Waals surface area contributed by atoms with Gasteiger partial charge < -0.3 is 15.0 Å². The fourth-order valence-electron chi connectivity index (χ4n) is 5.37. The van der Waals surface area contributed by atoms with Crippen LogP contribution in [0, 0.1) is 11.2 Å². The number of carbonyl (C=O) groups excluding carboxylic acids is 1. The van der Waals surface area contributed by atoms with Crippen molar-refractivity contribution in [2.45, 2.75) is 51.4 Å². The summed E-state index contributed by atoms with van der Waals surface area (Å²) >= 11 is 0. The minimum Gasteiger partial charge on any atom is -0.481 e. The smallest absolute Gasteiger partial charge is 0.416 e. The van der Waals surface area contributed by atoms with Gasteiger partial charge in [0, 0.05) is 23.7 Å². The average Bonchev–Trinajstić information content (AvgIpc) is 3.07. The summed E-state index contributed by atoms with van der Waals surface area (Å²) in [5.41, 5.74) is -0.621. The molecular formula is C25H24F4N2O3. The second-order valence-corrected chi connectivity index (χ2v) is 9.78. The van der Waals surface area contributed by atoms with E-state index >= 15 is 0 Å². The van der Waals surface area contributed by atoms with Crippen LogP contribution < -0.4 is 5.32 Å². The highest BCUT2D eigenvalue weighted by molar-refractivity contribution is 6.06. The maximum Gasteiger partial charge on any atom is 0.416 e. The van der Waals surface area contributed by atoms with Crippen molar-refractivity contribution in [3.63, 3.8) is 0 Å². The van der Waals surface area contributed by atoms with Crippen molar-refractivity contribution in [2.75, 3.05) is 0 Å². The van der Waals surface area contributed by atoms with Crippen LogP contribution in [0.5, 0.6) is 0 Å². The number of aliphatic carboxylic acids is 1. The van der Waals surface area contributed by atoms with Crippen LogP contribution in [0.3, 0.4) is 0 Å². The van der Waals surface area contributed by atoms with E-state index in [9.17, 15) is 27.2 Å². The minimum absolute atomic E-state index is 0.00134. The lowest BCUT2D eigenvalue weighted by Crippen LogP contribution is -2.59. The molecular weight excluding hydrogens is 452 g/mol. The molecule has 3 aromatic rings. The monoisotopic (exact) mass is 476 g/mol. The van der Waals surface area contributed by atoms with Crippen molar-refractivity contribution in [3.8, 4) is 0 Å². The van der Waals surface area contributed by atoms with E-state index in [0.717, 1.165) is 18.2 Å². The van der Waals surface area contributed by atoms with Crippen molar-refractivity contribution >= 4 is 22.8 Å². The first-order valence-corrected chi connectivity index (χ1v) is 10.8. The van der Waals surface area contributed by atoms with E-state index in [1.54, 1.807) is 16.8 Å². The van der Waals surface area contributed by atoms with Gasteiger partial charge in [0.2, 0.25) is 0 Å². The van der Waals surface area contributed by atoms with Gasteiger partial charge in [-0.05, 0) is 61.1 Å². The van der Waals surface area contributed by atoms with Crippen molar-refractivity contribution in [2.24, 2.45) is 5.41 Å². The molecule has 34 heavy (non-hydrogen) atoms. The standard InChI is InChI=1S/C25H24F4N2O3/c1-23(11-20(32)33)13-24(2,14-23)30-22(34)19-10-18(26)9-16-7-8-31(21(16)19)12-15-3-5-17(6-4-15)25(27,28)29/h3-10H,11-14H2,1-2H3,(H,30,34)(H,32,33). The molecule has 0 radical (unpaired) electrons. The quantitative estimate of drug-likeness (QED) is 0.455. The summed E-state index contributed by atoms with van der Waals surface area (Å²) in [5, 5.41) is 12.5. The van der Waals surface area contributed by atoms with E-state index < -0.39 is 40.4 Å². The molecule has 0 atom stereocenters. The zero-order valence-corrected chi connectivity index (χ0v) is 18.7. The number of amides is 1. The topological polar surface area (TPSA) is 71.3 Å². The molecule has 180 valence electrons. The van der Waals surface area contributed by atoms with Crippen molar-refractivity contribution in [3.05, 3.63) is 71.2 Å². The number of carbonyl (C=O) groups is 2. The van der Waals surface area contributed by atoms with Gasteiger partial charge in [-0.25, -0.2) is 4.39 Å². The summed E-state index contributed by atoms with van der Waals surface area (Å²) in [7, 11) is 0. The zero-order chi connectivity index (χ0) is 24.9. The van der Waals surface area contributed by atoms with Gasteiger partial charge in [-0.3, -0.25) is 9.59 Å². The van der Waals surface area contributed by atoms with Crippen LogP contribution in [0.2, 0.25) is 0 Å². The molecule has 4 rings (SSSR count). The summed E-state index contributed by atoms with van der Waals surface area (Å²) in [6.07, 6.45) is -1.82. The van der Waals surface area contributed by atoms with Gasteiger partial charge >= 0.3 is 12.1 Å². The predicted molar refractivity (Wildman–Crippen MR) is 118 cm³/mol. The van der Waals surface area contributed by atoms with E-state index in [1.165, 1.54) is 18.2 Å². The molecule has 1 heterocycles. The molecule has 1 saturated carbocycles. The fourth-order valence-corrected chi connectivity index (χ4v) is 5.37. The third-order valence-electron chi connectivity index (χ3n) is 6.33. The first kappa shape index (κ1) is 23.8. The number of carboxylic acids is 1. The highest BCUT2D eigenvalue weighted by Gasteiger charge is 2.50. The van der Waals surface area contributed by atoms with Crippen LogP contribution in [0.15, 0.2) is 48.7 Å². The highest BCUT2D eigenvalue weighted by atomic mass is 19.4. The van der Waals surface area contributed by atoms with Crippen LogP contribution in [-0.2, 0) is 17.5 Å². The van der Waals surface area contributed by atoms with Crippen LogP contribution in [0.25, 0.3) is 10.9 Å². The number of nitrogens with one attached hydrogen (secondary N) is 1. The normalized spacial score (nSPS) is 22.4. The van der Waals surface area contributed by atoms with E-state index in [1.807, 2.05) is 13.8 Å². The number of aromatic nitrogens is 1. The van der Waals surface area contributed by atoms with Gasteiger partial charge in [-0.1, -0.05) is 19.1 Å². The SMILES string of the molecule is CC1(CC(=O)O)CC(C)(NC(=O)c2cc(F)cc3ccn(Cc4ccc(C(F)(F)F)cc4)c23)C1. The van der Waals surface area contributed by atoms with Crippen molar-refractivity contribution < 1.29 is 32.3 Å².